The predicted molar refractivity (Wildman–Crippen MR) is 116 cm³/mol. The minimum Gasteiger partial charge on any atom is -0.507 e. The van der Waals surface area contributed by atoms with Crippen molar-refractivity contribution in [3.8, 4) is 16.9 Å². The van der Waals surface area contributed by atoms with E-state index in [2.05, 4.69) is 0 Å². The highest BCUT2D eigenvalue weighted by atomic mass is 16.3. The Morgan fingerprint density at radius 3 is 2.21 bits per heavy atom. The minimum absolute atomic E-state index is 0.110. The highest BCUT2D eigenvalue weighted by Gasteiger charge is 2.18. The van der Waals surface area contributed by atoms with Crippen molar-refractivity contribution in [3.63, 3.8) is 0 Å². The highest BCUT2D eigenvalue weighted by Crippen LogP contribution is 2.36. The van der Waals surface area contributed by atoms with Crippen LogP contribution in [0.4, 0.5) is 0 Å². The molecule has 0 radical (unpaired) electrons. The summed E-state index contributed by atoms with van der Waals surface area (Å²) < 4.78 is 1.49. The zero-order valence-corrected chi connectivity index (χ0v) is 17.5. The van der Waals surface area contributed by atoms with E-state index in [1.54, 1.807) is 45.2 Å². The molecule has 0 saturated heterocycles. The normalized spacial score (nSPS) is 10.1. The maximum atomic E-state index is 12.6. The van der Waals surface area contributed by atoms with Gasteiger partial charge in [0.2, 0.25) is 0 Å². The molecule has 6 heteroatoms. The molecule has 1 aromatic heterocycles. The van der Waals surface area contributed by atoms with Crippen LogP contribution in [0.5, 0.6) is 5.75 Å². The zero-order valence-electron chi connectivity index (χ0n) is 17.5. The summed E-state index contributed by atoms with van der Waals surface area (Å²) in [5.74, 6) is 0.126. The highest BCUT2D eigenvalue weighted by molar-refractivity contribution is 5.99. The van der Waals surface area contributed by atoms with E-state index in [0.717, 1.165) is 29.9 Å². The van der Waals surface area contributed by atoms with Crippen LogP contribution in [0, 0.1) is 6.92 Å². The number of nitrogens with zero attached hydrogens (tertiary/aromatic N) is 1. The van der Waals surface area contributed by atoms with Gasteiger partial charge >= 0.3 is 0 Å². The number of para-hydroxylation sites is 1. The van der Waals surface area contributed by atoms with Crippen molar-refractivity contribution < 1.29 is 20.1 Å². The van der Waals surface area contributed by atoms with Crippen LogP contribution in [0.1, 0.15) is 25.1 Å². The first-order valence-corrected chi connectivity index (χ1v) is 9.25. The molecule has 6 nitrogen and oxygen atoms in total. The van der Waals surface area contributed by atoms with Crippen LogP contribution in [-0.2, 0) is 18.3 Å². The largest absolute Gasteiger partial charge is 0.507 e. The summed E-state index contributed by atoms with van der Waals surface area (Å²) in [6, 6.07) is 12.6. The van der Waals surface area contributed by atoms with Gasteiger partial charge in [0, 0.05) is 48.9 Å². The fraction of sp³-hybridized carbons (Fsp3) is 0.304. The van der Waals surface area contributed by atoms with E-state index in [0.29, 0.717) is 16.6 Å². The number of pyridine rings is 1. The second-order valence-electron chi connectivity index (χ2n) is 6.72. The number of benzene rings is 2. The predicted octanol–water partition coefficient (Wildman–Crippen LogP) is 2.96. The van der Waals surface area contributed by atoms with E-state index in [9.17, 15) is 14.7 Å². The molecule has 2 aromatic carbocycles. The van der Waals surface area contributed by atoms with Crippen LogP contribution in [0.25, 0.3) is 21.9 Å². The molecular formula is C23H29NO5. The van der Waals surface area contributed by atoms with E-state index < -0.39 is 0 Å². The maximum absolute atomic E-state index is 12.6. The topological polar surface area (TPSA) is 99.8 Å². The SMILES string of the molecule is CC(C)O.CO.Cc1ccc2c(=O)n(C)c(CC=O)c(-c3ccccc3O)c2c1. The number of phenols is 1. The number of hydrogen-bond donors (Lipinski definition) is 3. The van der Waals surface area contributed by atoms with Crippen LogP contribution >= 0.6 is 0 Å². The summed E-state index contributed by atoms with van der Waals surface area (Å²) >= 11 is 0. The van der Waals surface area contributed by atoms with Crippen molar-refractivity contribution in [2.24, 2.45) is 7.05 Å². The van der Waals surface area contributed by atoms with E-state index in [-0.39, 0.29) is 23.8 Å². The average Bonchev–Trinajstić information content (AvgIpc) is 2.68. The summed E-state index contributed by atoms with van der Waals surface area (Å²) in [4.78, 5) is 23.7. The number of aldehydes is 1. The molecule has 0 amide bonds. The van der Waals surface area contributed by atoms with Crippen molar-refractivity contribution in [2.45, 2.75) is 33.3 Å². The van der Waals surface area contributed by atoms with E-state index in [4.69, 9.17) is 10.2 Å². The molecule has 0 aliphatic rings. The van der Waals surface area contributed by atoms with Gasteiger partial charge in [0.05, 0.1) is 0 Å². The van der Waals surface area contributed by atoms with Gasteiger partial charge in [-0.05, 0) is 38.3 Å². The summed E-state index contributed by atoms with van der Waals surface area (Å²) in [7, 11) is 2.66. The first-order chi connectivity index (χ1) is 13.8. The lowest BCUT2D eigenvalue weighted by atomic mass is 9.94. The summed E-state index contributed by atoms with van der Waals surface area (Å²) in [5.41, 5.74) is 2.83. The third-order valence-electron chi connectivity index (χ3n) is 4.12. The number of carbonyl (C=O) groups excluding carboxylic acids is 1. The molecule has 29 heavy (non-hydrogen) atoms. The molecule has 0 spiro atoms. The molecular weight excluding hydrogens is 370 g/mol. The third-order valence-corrected chi connectivity index (χ3v) is 4.12. The molecule has 0 unspecified atom stereocenters. The quantitative estimate of drug-likeness (QED) is 0.588. The number of aliphatic hydroxyl groups is 2. The number of aliphatic hydroxyl groups excluding tert-OH is 2. The zero-order chi connectivity index (χ0) is 22.1. The molecule has 0 aliphatic heterocycles. The second kappa shape index (κ2) is 11.1. The first kappa shape index (κ1) is 24.1. The molecule has 0 saturated carbocycles. The Morgan fingerprint density at radius 1 is 1.07 bits per heavy atom. The van der Waals surface area contributed by atoms with Gasteiger partial charge < -0.3 is 24.7 Å². The summed E-state index contributed by atoms with van der Waals surface area (Å²) in [6.45, 7) is 5.39. The fourth-order valence-corrected chi connectivity index (χ4v) is 2.98. The number of phenolic OH excluding ortho intramolecular Hbond substituents is 1. The molecule has 3 N–H and O–H groups in total. The number of carbonyl (C=O) groups is 1. The molecule has 0 fully saturated rings. The summed E-state index contributed by atoms with van der Waals surface area (Å²) in [5, 5.41) is 26.7. The molecule has 0 bridgehead atoms. The Hall–Kier alpha value is -2.96. The van der Waals surface area contributed by atoms with Gasteiger partial charge in [0.15, 0.2) is 0 Å². The molecule has 3 rings (SSSR count). The van der Waals surface area contributed by atoms with Crippen molar-refractivity contribution >= 4 is 17.1 Å². The standard InChI is InChI=1S/C19H17NO3.C3H8O.CH4O/c1-12-7-8-13-15(11-12)18(14-5-3-4-6-17(14)22)16(9-10-21)20(2)19(13)23;1-3(2)4;1-2/h3-8,10-11,22H,9H2,1-2H3;3-4H,1-2H3;2H,1H3. The molecule has 0 atom stereocenters. The average molecular weight is 399 g/mol. The van der Waals surface area contributed by atoms with Gasteiger partial charge in [0.25, 0.3) is 5.56 Å². The summed E-state index contributed by atoms with van der Waals surface area (Å²) in [6.07, 6.45) is 0.721. The number of aryl methyl sites for hydroxylation is 1. The lowest BCUT2D eigenvalue weighted by molar-refractivity contribution is -0.107. The molecule has 0 aliphatic carbocycles. The number of aromatic nitrogens is 1. The molecule has 3 aromatic rings. The van der Waals surface area contributed by atoms with E-state index in [1.807, 2.05) is 25.1 Å². The third kappa shape index (κ3) is 5.76. The van der Waals surface area contributed by atoms with Gasteiger partial charge in [-0.3, -0.25) is 4.79 Å². The molecule has 156 valence electrons. The van der Waals surface area contributed by atoms with Gasteiger partial charge in [-0.25, -0.2) is 0 Å². The van der Waals surface area contributed by atoms with Crippen molar-refractivity contribution in [1.82, 2.24) is 4.57 Å². The monoisotopic (exact) mass is 399 g/mol. The Labute approximate surface area is 170 Å². The van der Waals surface area contributed by atoms with E-state index >= 15 is 0 Å². The van der Waals surface area contributed by atoms with Gasteiger partial charge in [-0.1, -0.05) is 35.9 Å². The van der Waals surface area contributed by atoms with Crippen LogP contribution in [0.15, 0.2) is 47.3 Å². The maximum Gasteiger partial charge on any atom is 0.258 e. The Kier molecular flexibility index (Phi) is 9.25. The van der Waals surface area contributed by atoms with Crippen LogP contribution < -0.4 is 5.56 Å². The first-order valence-electron chi connectivity index (χ1n) is 9.25. The van der Waals surface area contributed by atoms with Crippen molar-refractivity contribution in [3.05, 3.63) is 64.1 Å². The second-order valence-corrected chi connectivity index (χ2v) is 6.72. The number of aromatic hydroxyl groups is 1. The van der Waals surface area contributed by atoms with Gasteiger partial charge in [0.1, 0.15) is 12.0 Å². The smallest absolute Gasteiger partial charge is 0.258 e. The van der Waals surface area contributed by atoms with Gasteiger partial charge in [-0.2, -0.15) is 0 Å². The Balaban J connectivity index is 0.000000627. The number of hydrogen-bond acceptors (Lipinski definition) is 5. The van der Waals surface area contributed by atoms with Crippen molar-refractivity contribution in [2.75, 3.05) is 7.11 Å². The van der Waals surface area contributed by atoms with Gasteiger partial charge in [-0.15, -0.1) is 0 Å². The van der Waals surface area contributed by atoms with Crippen molar-refractivity contribution in [1.29, 1.82) is 0 Å². The molecule has 1 heterocycles. The van der Waals surface area contributed by atoms with Crippen LogP contribution in [0.3, 0.4) is 0 Å². The lowest BCUT2D eigenvalue weighted by Gasteiger charge is -2.17. The number of rotatable bonds is 3. The minimum atomic E-state index is -0.167. The lowest BCUT2D eigenvalue weighted by Crippen LogP contribution is -2.22. The fourth-order valence-electron chi connectivity index (χ4n) is 2.98. The van der Waals surface area contributed by atoms with Crippen LogP contribution in [0.2, 0.25) is 0 Å². The Morgan fingerprint density at radius 2 is 1.66 bits per heavy atom. The van der Waals surface area contributed by atoms with Crippen LogP contribution in [-0.4, -0.2) is 39.4 Å². The number of fused-ring (bicyclic) bond motifs is 1. The van der Waals surface area contributed by atoms with E-state index in [1.165, 1.54) is 4.57 Å². The Bertz CT molecular complexity index is 1020.